The third-order valence-electron chi connectivity index (χ3n) is 12.1. The molecule has 0 bridgehead atoms. The number of nitrogens with one attached hydrogen (secondary N) is 1. The SMILES string of the molecule is Cc1ncsc1-c1ccc(CNC(=O)[C@@H]2C[C@@H](O)CN2C(=O)[C@@H](CC(=O)CCCC(=O)COc2cc([C@@H](O)[C@H]3O[C@@H](n4ccc5c(N)ncnc54)[C@H](O)[C@@H]3O)ccc2Cl)C(C)(C)C)cc1. The van der Waals surface area contributed by atoms with Gasteiger partial charge in [0.2, 0.25) is 11.8 Å². The second-order valence-corrected chi connectivity index (χ2v) is 19.0. The molecule has 2 amide bonds. The van der Waals surface area contributed by atoms with Gasteiger partial charge in [-0.15, -0.1) is 11.3 Å². The number of Topliss-reactive ketones (excluding diaryl/α,β-unsaturated/α-hetero) is 2. The Bertz CT molecular complexity index is 2530. The van der Waals surface area contributed by atoms with E-state index in [0.29, 0.717) is 11.0 Å². The summed E-state index contributed by atoms with van der Waals surface area (Å²) in [7, 11) is 0. The van der Waals surface area contributed by atoms with Crippen molar-refractivity contribution >= 4 is 63.2 Å². The maximum atomic E-state index is 14.1. The van der Waals surface area contributed by atoms with Crippen molar-refractivity contribution in [2.24, 2.45) is 11.3 Å². The Morgan fingerprint density at radius 1 is 1.02 bits per heavy atom. The third kappa shape index (κ3) is 10.7. The van der Waals surface area contributed by atoms with Crippen LogP contribution in [0.2, 0.25) is 5.02 Å². The molecule has 2 aliphatic heterocycles. The number of carbonyl (C=O) groups excluding carboxylic acids is 4. The molecule has 0 unspecified atom stereocenters. The average molecular weight is 932 g/mol. The van der Waals surface area contributed by atoms with Gasteiger partial charge in [-0.3, -0.25) is 19.2 Å². The van der Waals surface area contributed by atoms with E-state index in [1.54, 1.807) is 29.1 Å². The summed E-state index contributed by atoms with van der Waals surface area (Å²) < 4.78 is 13.2. The van der Waals surface area contributed by atoms with Crippen LogP contribution in [-0.4, -0.2) is 112 Å². The second-order valence-electron chi connectivity index (χ2n) is 17.7. The molecule has 2 fully saturated rings. The molecular weight excluding hydrogens is 878 g/mol. The lowest BCUT2D eigenvalue weighted by molar-refractivity contribution is -0.146. The number of nitrogens with two attached hydrogens (primary N) is 1. The molecule has 7 N–H and O–H groups in total. The van der Waals surface area contributed by atoms with Crippen LogP contribution in [0.3, 0.4) is 0 Å². The minimum Gasteiger partial charge on any atom is -0.484 e. The van der Waals surface area contributed by atoms with E-state index in [1.165, 1.54) is 34.0 Å². The van der Waals surface area contributed by atoms with Gasteiger partial charge in [0, 0.05) is 50.9 Å². The van der Waals surface area contributed by atoms with Crippen molar-refractivity contribution < 1.29 is 49.1 Å². The van der Waals surface area contributed by atoms with Gasteiger partial charge in [0.1, 0.15) is 66.4 Å². The van der Waals surface area contributed by atoms with Crippen LogP contribution < -0.4 is 15.8 Å². The lowest BCUT2D eigenvalue weighted by Crippen LogP contribution is -2.50. The number of aryl methyl sites for hydroxylation is 1. The molecule has 17 nitrogen and oxygen atoms in total. The van der Waals surface area contributed by atoms with Gasteiger partial charge in [0.15, 0.2) is 12.0 Å². The zero-order valence-electron chi connectivity index (χ0n) is 36.5. The molecule has 0 radical (unpaired) electrons. The predicted molar refractivity (Wildman–Crippen MR) is 241 cm³/mol. The fraction of sp³-hybridized carbons (Fsp3) is 0.457. The number of benzene rings is 2. The van der Waals surface area contributed by atoms with Crippen molar-refractivity contribution in [2.45, 2.75) is 109 Å². The molecule has 0 aliphatic carbocycles. The highest BCUT2D eigenvalue weighted by molar-refractivity contribution is 7.13. The number of rotatable bonds is 17. The minimum atomic E-state index is -1.50. The van der Waals surface area contributed by atoms with Gasteiger partial charge in [-0.1, -0.05) is 62.7 Å². The van der Waals surface area contributed by atoms with Gasteiger partial charge in [0.05, 0.1) is 32.6 Å². The summed E-state index contributed by atoms with van der Waals surface area (Å²) in [4.78, 5) is 68.8. The normalized spacial score (nSPS) is 22.0. The van der Waals surface area contributed by atoms with Crippen LogP contribution in [0.15, 0.2) is 66.6 Å². The molecule has 5 aromatic rings. The van der Waals surface area contributed by atoms with Crippen LogP contribution in [0, 0.1) is 18.3 Å². The number of aliphatic hydroxyl groups is 4. The van der Waals surface area contributed by atoms with E-state index in [4.69, 9.17) is 26.8 Å². The molecule has 2 saturated heterocycles. The number of β-amino-alcohol motifs (C(OH)–C–C–N with tert-alkyl or cyclic N) is 1. The number of hydrogen-bond acceptors (Lipinski definition) is 15. The molecule has 0 spiro atoms. The van der Waals surface area contributed by atoms with Crippen LogP contribution in [0.1, 0.15) is 82.0 Å². The van der Waals surface area contributed by atoms with E-state index in [-0.39, 0.29) is 97.3 Å². The molecule has 65 heavy (non-hydrogen) atoms. The van der Waals surface area contributed by atoms with Gasteiger partial charge in [-0.05, 0) is 53.6 Å². The molecule has 3 aromatic heterocycles. The van der Waals surface area contributed by atoms with Crippen LogP contribution in [0.25, 0.3) is 21.5 Å². The molecule has 0 saturated carbocycles. The lowest BCUT2D eigenvalue weighted by atomic mass is 9.76. The summed E-state index contributed by atoms with van der Waals surface area (Å²) >= 11 is 7.94. The monoisotopic (exact) mass is 931 g/mol. The summed E-state index contributed by atoms with van der Waals surface area (Å²) in [6.45, 7) is 7.32. The van der Waals surface area contributed by atoms with E-state index in [2.05, 4.69) is 20.3 Å². The summed E-state index contributed by atoms with van der Waals surface area (Å²) in [5.41, 5.74) is 10.5. The van der Waals surface area contributed by atoms with Crippen LogP contribution >= 0.6 is 22.9 Å². The van der Waals surface area contributed by atoms with Crippen LogP contribution in [0.5, 0.6) is 5.75 Å². The topological polar surface area (TPSA) is 253 Å². The Morgan fingerprint density at radius 3 is 2.46 bits per heavy atom. The first-order valence-corrected chi connectivity index (χ1v) is 22.6. The fourth-order valence-electron chi connectivity index (χ4n) is 8.35. The summed E-state index contributed by atoms with van der Waals surface area (Å²) in [5.74, 6) is -1.79. The quantitative estimate of drug-likeness (QED) is 0.0753. The highest BCUT2D eigenvalue weighted by atomic mass is 35.5. The van der Waals surface area contributed by atoms with Crippen molar-refractivity contribution in [1.82, 2.24) is 29.7 Å². The number of ketones is 2. The smallest absolute Gasteiger partial charge is 0.243 e. The van der Waals surface area contributed by atoms with Crippen LogP contribution in [0.4, 0.5) is 5.82 Å². The molecule has 5 heterocycles. The summed E-state index contributed by atoms with van der Waals surface area (Å²) in [6, 6.07) is 12.9. The molecule has 2 aromatic carbocycles. The Balaban J connectivity index is 0.887. The van der Waals surface area contributed by atoms with Gasteiger partial charge in [0.25, 0.3) is 0 Å². The number of hydrogen-bond donors (Lipinski definition) is 6. The molecule has 19 heteroatoms. The highest BCUT2D eigenvalue weighted by Crippen LogP contribution is 2.40. The first-order chi connectivity index (χ1) is 30.9. The Kier molecular flexibility index (Phi) is 14.7. The number of thiazole rings is 1. The fourth-order valence-corrected chi connectivity index (χ4v) is 9.33. The standard InChI is InChI=1S/C46H54ClN7O10S/c1-24-40(65-23-52-24)26-10-8-25(9-11-26)19-49-43(61)34-18-30(57)20-54(34)44(62)32(46(2,3)4)17-28(55)6-5-7-29(56)21-63-35-16-27(12-13-33(35)47)36(58)39-37(59)38(60)45(64-39)53-15-14-31-41(48)50-22-51-42(31)53/h8-16,22-23,30,32,34,36-39,45,57-60H,5-7,17-21H2,1-4H3,(H,49,61)(H2,48,50,51)/t30-,32-,34+,36-,37+,38-,39-,45-/m1/s1. The third-order valence-corrected chi connectivity index (χ3v) is 13.4. The van der Waals surface area contributed by atoms with Gasteiger partial charge < -0.3 is 50.4 Å². The highest BCUT2D eigenvalue weighted by Gasteiger charge is 2.48. The van der Waals surface area contributed by atoms with Crippen molar-refractivity contribution in [3.05, 3.63) is 88.4 Å². The maximum Gasteiger partial charge on any atom is 0.243 e. The molecule has 346 valence electrons. The molecule has 8 atom stereocenters. The minimum absolute atomic E-state index is 0.00000519. The number of aromatic nitrogens is 4. The van der Waals surface area contributed by atoms with E-state index in [1.807, 2.05) is 52.0 Å². The number of ether oxygens (including phenoxy) is 2. The first kappa shape index (κ1) is 47.6. The van der Waals surface area contributed by atoms with Gasteiger partial charge >= 0.3 is 0 Å². The lowest BCUT2D eigenvalue weighted by Gasteiger charge is -2.34. The number of nitrogen functional groups attached to an aromatic ring is 1. The second kappa shape index (κ2) is 20.0. The zero-order valence-corrected chi connectivity index (χ0v) is 38.0. The van der Waals surface area contributed by atoms with E-state index in [0.717, 1.165) is 21.7 Å². The number of halogens is 1. The molecule has 7 rings (SSSR count). The van der Waals surface area contributed by atoms with Crippen molar-refractivity contribution in [1.29, 1.82) is 0 Å². The Labute approximate surface area is 384 Å². The number of aliphatic hydroxyl groups excluding tert-OH is 4. The largest absolute Gasteiger partial charge is 0.484 e. The van der Waals surface area contributed by atoms with Crippen LogP contribution in [-0.2, 0) is 30.5 Å². The number of likely N-dealkylation sites (tertiary alicyclic amines) is 1. The summed E-state index contributed by atoms with van der Waals surface area (Å²) in [6.07, 6.45) is -4.58. The zero-order chi connectivity index (χ0) is 46.7. The first-order valence-electron chi connectivity index (χ1n) is 21.4. The number of fused-ring (bicyclic) bond motifs is 1. The predicted octanol–water partition coefficient (Wildman–Crippen LogP) is 4.47. The van der Waals surface area contributed by atoms with Crippen molar-refractivity contribution in [3.63, 3.8) is 0 Å². The number of anilines is 1. The van der Waals surface area contributed by atoms with Crippen molar-refractivity contribution in [3.8, 4) is 16.2 Å². The summed E-state index contributed by atoms with van der Waals surface area (Å²) in [5, 5.41) is 47.3. The molecular formula is C46H54ClN7O10S. The van der Waals surface area contributed by atoms with Gasteiger partial charge in [-0.25, -0.2) is 15.0 Å². The number of carbonyl (C=O) groups is 4. The van der Waals surface area contributed by atoms with Gasteiger partial charge in [-0.2, -0.15) is 0 Å². The number of nitrogens with zero attached hydrogens (tertiary/aromatic N) is 5. The van der Waals surface area contributed by atoms with E-state index >= 15 is 0 Å². The number of amides is 2. The van der Waals surface area contributed by atoms with E-state index < -0.39 is 54.1 Å². The Hall–Kier alpha value is -5.34. The van der Waals surface area contributed by atoms with Crippen molar-refractivity contribution in [2.75, 3.05) is 18.9 Å². The average Bonchev–Trinajstić information content (AvgIpc) is 4.07. The molecule has 2 aliphatic rings. The Morgan fingerprint density at radius 2 is 1.75 bits per heavy atom. The van der Waals surface area contributed by atoms with E-state index in [9.17, 15) is 39.6 Å². The maximum absolute atomic E-state index is 14.1.